The van der Waals surface area contributed by atoms with E-state index in [0.717, 1.165) is 5.56 Å². The van der Waals surface area contributed by atoms with Crippen molar-refractivity contribution in [3.8, 4) is 11.1 Å². The summed E-state index contributed by atoms with van der Waals surface area (Å²) in [6.07, 6.45) is 0. The Hall–Kier alpha value is -3.60. The van der Waals surface area contributed by atoms with Gasteiger partial charge in [-0.05, 0) is 53.9 Å². The Labute approximate surface area is 206 Å². The predicted octanol–water partition coefficient (Wildman–Crippen LogP) is 7.20. The first-order valence-corrected chi connectivity index (χ1v) is 11.3. The van der Waals surface area contributed by atoms with Crippen molar-refractivity contribution >= 4 is 35.1 Å². The number of fused-ring (bicyclic) bond motifs is 3. The molecule has 0 unspecified atom stereocenters. The standard InChI is InChI=1S/C28H18Cl2O4/c1-17-15-16-21-20-13-8-14-22(29)23(20)28(24(21)25(17)30,33-26(31)18-9-4-2-5-10-18)34-27(32)19-11-6-3-7-12-19/h2-16H,1H3. The Kier molecular flexibility index (Phi) is 5.64. The summed E-state index contributed by atoms with van der Waals surface area (Å²) in [4.78, 5) is 26.7. The van der Waals surface area contributed by atoms with Crippen LogP contribution in [0.3, 0.4) is 0 Å². The second kappa shape index (κ2) is 8.64. The molecule has 0 aromatic heterocycles. The van der Waals surface area contributed by atoms with E-state index in [1.54, 1.807) is 72.8 Å². The summed E-state index contributed by atoms with van der Waals surface area (Å²) >= 11 is 13.5. The lowest BCUT2D eigenvalue weighted by molar-refractivity contribution is -0.144. The number of hydrogen-bond acceptors (Lipinski definition) is 4. The Balaban J connectivity index is 1.77. The molecule has 1 aliphatic rings. The molecule has 5 rings (SSSR count). The third kappa shape index (κ3) is 3.56. The molecular formula is C28H18Cl2O4. The van der Waals surface area contributed by atoms with Gasteiger partial charge in [-0.15, -0.1) is 0 Å². The molecular weight excluding hydrogens is 471 g/mol. The van der Waals surface area contributed by atoms with E-state index >= 15 is 0 Å². The lowest BCUT2D eigenvalue weighted by atomic mass is 10.0. The molecule has 0 bridgehead atoms. The molecule has 0 aliphatic heterocycles. The molecule has 4 aromatic rings. The second-order valence-electron chi connectivity index (χ2n) is 7.91. The fraction of sp³-hybridized carbons (Fsp3) is 0.0714. The fourth-order valence-corrected chi connectivity index (χ4v) is 4.78. The molecule has 0 spiro atoms. The summed E-state index contributed by atoms with van der Waals surface area (Å²) in [5, 5.41) is 0.607. The highest BCUT2D eigenvalue weighted by atomic mass is 35.5. The van der Waals surface area contributed by atoms with Crippen LogP contribution in [-0.2, 0) is 15.3 Å². The van der Waals surface area contributed by atoms with Gasteiger partial charge in [0.05, 0.1) is 32.3 Å². The number of benzene rings is 4. The first kappa shape index (κ1) is 22.2. The highest BCUT2D eigenvalue weighted by molar-refractivity contribution is 6.34. The maximum absolute atomic E-state index is 13.4. The van der Waals surface area contributed by atoms with E-state index in [4.69, 9.17) is 32.7 Å². The Morgan fingerprint density at radius 3 is 1.74 bits per heavy atom. The molecule has 0 N–H and O–H groups in total. The van der Waals surface area contributed by atoms with Crippen LogP contribution in [0.25, 0.3) is 11.1 Å². The van der Waals surface area contributed by atoms with Gasteiger partial charge in [0.25, 0.3) is 0 Å². The fourth-order valence-electron chi connectivity index (χ4n) is 4.19. The monoisotopic (exact) mass is 488 g/mol. The summed E-state index contributed by atoms with van der Waals surface area (Å²) in [5.41, 5.74) is 3.40. The number of rotatable bonds is 4. The van der Waals surface area contributed by atoms with Crippen LogP contribution in [0.1, 0.15) is 37.4 Å². The molecule has 0 heterocycles. The third-order valence-corrected chi connectivity index (χ3v) is 6.59. The predicted molar refractivity (Wildman–Crippen MR) is 131 cm³/mol. The van der Waals surface area contributed by atoms with Crippen LogP contribution in [0.2, 0.25) is 10.0 Å². The van der Waals surface area contributed by atoms with Gasteiger partial charge in [0.2, 0.25) is 0 Å². The van der Waals surface area contributed by atoms with E-state index in [2.05, 4.69) is 0 Å². The van der Waals surface area contributed by atoms with Crippen LogP contribution in [0.15, 0.2) is 91.0 Å². The molecule has 0 fully saturated rings. The van der Waals surface area contributed by atoms with Crippen molar-refractivity contribution in [2.75, 3.05) is 0 Å². The number of halogens is 2. The Morgan fingerprint density at radius 2 is 1.18 bits per heavy atom. The number of aryl methyl sites for hydroxylation is 1. The van der Waals surface area contributed by atoms with E-state index in [1.807, 2.05) is 25.1 Å². The largest absolute Gasteiger partial charge is 0.410 e. The average Bonchev–Trinajstić information content (AvgIpc) is 3.13. The van der Waals surface area contributed by atoms with Gasteiger partial charge in [0.15, 0.2) is 0 Å². The SMILES string of the molecule is Cc1ccc2c(c1Cl)C(OC(=O)c1ccccc1)(OC(=O)c1ccccc1)c1c(Cl)cccc1-2. The molecule has 168 valence electrons. The molecule has 0 saturated carbocycles. The van der Waals surface area contributed by atoms with E-state index in [-0.39, 0.29) is 5.02 Å². The summed E-state index contributed by atoms with van der Waals surface area (Å²) < 4.78 is 12.2. The lowest BCUT2D eigenvalue weighted by Gasteiger charge is -2.32. The molecule has 4 nitrogen and oxygen atoms in total. The van der Waals surface area contributed by atoms with Crippen molar-refractivity contribution in [3.05, 3.63) is 129 Å². The van der Waals surface area contributed by atoms with Crippen LogP contribution < -0.4 is 0 Å². The molecule has 4 aromatic carbocycles. The quantitative estimate of drug-likeness (QED) is 0.225. The van der Waals surface area contributed by atoms with Gasteiger partial charge in [-0.25, -0.2) is 9.59 Å². The first-order valence-electron chi connectivity index (χ1n) is 10.6. The molecule has 1 aliphatic carbocycles. The minimum Gasteiger partial charge on any atom is -0.410 e. The van der Waals surface area contributed by atoms with Crippen molar-refractivity contribution in [3.63, 3.8) is 0 Å². The number of carbonyl (C=O) groups is 2. The van der Waals surface area contributed by atoms with Gasteiger partial charge in [0.1, 0.15) is 0 Å². The molecule has 34 heavy (non-hydrogen) atoms. The lowest BCUT2D eigenvalue weighted by Crippen LogP contribution is -2.38. The number of carbonyl (C=O) groups excluding carboxylic acids is 2. The Bertz CT molecular complexity index is 1360. The van der Waals surface area contributed by atoms with Crippen LogP contribution in [0, 0.1) is 6.92 Å². The van der Waals surface area contributed by atoms with Gasteiger partial charge >= 0.3 is 17.7 Å². The van der Waals surface area contributed by atoms with Crippen molar-refractivity contribution < 1.29 is 19.1 Å². The summed E-state index contributed by atoms with van der Waals surface area (Å²) in [6, 6.07) is 26.0. The van der Waals surface area contributed by atoms with Crippen molar-refractivity contribution in [1.82, 2.24) is 0 Å². The normalized spacial score (nSPS) is 13.0. The van der Waals surface area contributed by atoms with Gasteiger partial charge in [0, 0.05) is 0 Å². The maximum Gasteiger partial charge on any atom is 0.341 e. The number of ether oxygens (including phenoxy) is 2. The van der Waals surface area contributed by atoms with Gasteiger partial charge in [-0.1, -0.05) is 83.9 Å². The van der Waals surface area contributed by atoms with E-state index < -0.39 is 17.7 Å². The maximum atomic E-state index is 13.4. The third-order valence-electron chi connectivity index (χ3n) is 5.79. The molecule has 0 radical (unpaired) electrons. The van der Waals surface area contributed by atoms with Crippen molar-refractivity contribution in [1.29, 1.82) is 0 Å². The summed E-state index contributed by atoms with van der Waals surface area (Å²) in [7, 11) is 0. The van der Waals surface area contributed by atoms with Crippen LogP contribution >= 0.6 is 23.2 Å². The van der Waals surface area contributed by atoms with E-state index in [1.165, 1.54) is 0 Å². The van der Waals surface area contributed by atoms with Crippen molar-refractivity contribution in [2.45, 2.75) is 12.7 Å². The minimum absolute atomic E-state index is 0.282. The molecule has 0 saturated heterocycles. The summed E-state index contributed by atoms with van der Waals surface area (Å²) in [5.74, 6) is -3.35. The average molecular weight is 489 g/mol. The van der Waals surface area contributed by atoms with E-state index in [9.17, 15) is 9.59 Å². The number of hydrogen-bond donors (Lipinski definition) is 0. The van der Waals surface area contributed by atoms with Crippen LogP contribution in [0.4, 0.5) is 0 Å². The van der Waals surface area contributed by atoms with Crippen LogP contribution in [0.5, 0.6) is 0 Å². The molecule has 6 heteroatoms. The smallest absolute Gasteiger partial charge is 0.341 e. The Morgan fingerprint density at radius 1 is 0.647 bits per heavy atom. The zero-order valence-electron chi connectivity index (χ0n) is 18.0. The zero-order chi connectivity index (χ0) is 23.9. The molecule has 0 atom stereocenters. The highest BCUT2D eigenvalue weighted by Crippen LogP contribution is 2.56. The first-order chi connectivity index (χ1) is 16.4. The van der Waals surface area contributed by atoms with Crippen molar-refractivity contribution in [2.24, 2.45) is 0 Å². The topological polar surface area (TPSA) is 52.6 Å². The highest BCUT2D eigenvalue weighted by Gasteiger charge is 2.54. The minimum atomic E-state index is -1.98. The van der Waals surface area contributed by atoms with Crippen LogP contribution in [-0.4, -0.2) is 11.9 Å². The van der Waals surface area contributed by atoms with Gasteiger partial charge in [-0.2, -0.15) is 0 Å². The van der Waals surface area contributed by atoms with E-state index in [0.29, 0.717) is 38.4 Å². The summed E-state index contributed by atoms with van der Waals surface area (Å²) in [6.45, 7) is 1.83. The molecule has 0 amide bonds. The number of esters is 2. The second-order valence-corrected chi connectivity index (χ2v) is 8.69. The van der Waals surface area contributed by atoms with Gasteiger partial charge in [-0.3, -0.25) is 0 Å². The zero-order valence-corrected chi connectivity index (χ0v) is 19.6. The van der Waals surface area contributed by atoms with Gasteiger partial charge < -0.3 is 9.47 Å².